The maximum Gasteiger partial charge on any atom is 0.249 e. The second-order valence-corrected chi connectivity index (χ2v) is 5.02. The standard InChI is InChI=1S/C14H20N2O3/c1-4-14(5-2)13(18)16(10(3)12(17)15-14)8-11-6-7-19-9-11/h6-7,9-10H,4-5,8H2,1-3H3,(H,15,17). The lowest BCUT2D eigenvalue weighted by Gasteiger charge is -2.44. The number of nitrogens with one attached hydrogen (secondary N) is 1. The van der Waals surface area contributed by atoms with Crippen molar-refractivity contribution in [1.82, 2.24) is 10.2 Å². The summed E-state index contributed by atoms with van der Waals surface area (Å²) in [5, 5.41) is 2.88. The summed E-state index contributed by atoms with van der Waals surface area (Å²) in [6.45, 7) is 6.01. The summed E-state index contributed by atoms with van der Waals surface area (Å²) in [6, 6.07) is 1.36. The summed E-state index contributed by atoms with van der Waals surface area (Å²) < 4.78 is 5.02. The van der Waals surface area contributed by atoms with Crippen molar-refractivity contribution in [3.05, 3.63) is 24.2 Å². The average Bonchev–Trinajstić information content (AvgIpc) is 2.92. The highest BCUT2D eigenvalue weighted by molar-refractivity contribution is 5.99. The molecule has 5 heteroatoms. The molecule has 2 rings (SSSR count). The van der Waals surface area contributed by atoms with Crippen LogP contribution in [0.25, 0.3) is 0 Å². The lowest BCUT2D eigenvalue weighted by molar-refractivity contribution is -0.155. The Labute approximate surface area is 113 Å². The van der Waals surface area contributed by atoms with Gasteiger partial charge in [0.2, 0.25) is 11.8 Å². The molecule has 1 fully saturated rings. The molecule has 5 nitrogen and oxygen atoms in total. The zero-order chi connectivity index (χ0) is 14.0. The number of furan rings is 1. The van der Waals surface area contributed by atoms with Crippen molar-refractivity contribution in [3.8, 4) is 0 Å². The minimum Gasteiger partial charge on any atom is -0.472 e. The lowest BCUT2D eigenvalue weighted by Crippen LogP contribution is -2.69. The monoisotopic (exact) mass is 264 g/mol. The number of rotatable bonds is 4. The third kappa shape index (κ3) is 2.25. The molecule has 19 heavy (non-hydrogen) atoms. The van der Waals surface area contributed by atoms with Gasteiger partial charge >= 0.3 is 0 Å². The highest BCUT2D eigenvalue weighted by atomic mass is 16.3. The Morgan fingerprint density at radius 1 is 1.37 bits per heavy atom. The molecule has 2 heterocycles. The number of hydrogen-bond acceptors (Lipinski definition) is 3. The molecule has 1 saturated heterocycles. The maximum absolute atomic E-state index is 12.7. The van der Waals surface area contributed by atoms with Gasteiger partial charge in [-0.25, -0.2) is 0 Å². The Hall–Kier alpha value is -1.78. The SMILES string of the molecule is CCC1(CC)NC(=O)C(C)N(Cc2ccoc2)C1=O. The molecule has 0 spiro atoms. The van der Waals surface area contributed by atoms with E-state index in [0.717, 1.165) is 5.56 Å². The van der Waals surface area contributed by atoms with Gasteiger partial charge in [0.1, 0.15) is 11.6 Å². The topological polar surface area (TPSA) is 62.6 Å². The summed E-state index contributed by atoms with van der Waals surface area (Å²) >= 11 is 0. The van der Waals surface area contributed by atoms with E-state index in [4.69, 9.17) is 4.42 Å². The Balaban J connectivity index is 2.28. The van der Waals surface area contributed by atoms with Gasteiger partial charge in [-0.1, -0.05) is 13.8 Å². The van der Waals surface area contributed by atoms with Crippen LogP contribution in [-0.2, 0) is 16.1 Å². The van der Waals surface area contributed by atoms with Crippen LogP contribution < -0.4 is 5.32 Å². The van der Waals surface area contributed by atoms with Gasteiger partial charge in [0, 0.05) is 12.1 Å². The fourth-order valence-corrected chi connectivity index (χ4v) is 2.50. The molecule has 2 amide bonds. The van der Waals surface area contributed by atoms with E-state index < -0.39 is 11.6 Å². The third-order valence-electron chi connectivity index (χ3n) is 4.02. The molecule has 0 radical (unpaired) electrons. The van der Waals surface area contributed by atoms with E-state index in [9.17, 15) is 9.59 Å². The van der Waals surface area contributed by atoms with Gasteiger partial charge in [0.05, 0.1) is 12.5 Å². The summed E-state index contributed by atoms with van der Waals surface area (Å²) in [5.41, 5.74) is 0.142. The minimum absolute atomic E-state index is 0.00852. The average molecular weight is 264 g/mol. The highest BCUT2D eigenvalue weighted by Crippen LogP contribution is 2.26. The van der Waals surface area contributed by atoms with Gasteiger partial charge in [0.15, 0.2) is 0 Å². The number of piperazine rings is 1. The van der Waals surface area contributed by atoms with Crippen LogP contribution in [0.5, 0.6) is 0 Å². The molecule has 104 valence electrons. The summed E-state index contributed by atoms with van der Waals surface area (Å²) in [6.07, 6.45) is 4.37. The Kier molecular flexibility index (Phi) is 3.64. The molecule has 0 aromatic carbocycles. The minimum atomic E-state index is -0.757. The number of carbonyl (C=O) groups excluding carboxylic acids is 2. The van der Waals surface area contributed by atoms with Crippen molar-refractivity contribution >= 4 is 11.8 Å². The Bertz CT molecular complexity index is 463. The van der Waals surface area contributed by atoms with Crippen LogP contribution in [0.15, 0.2) is 23.0 Å². The molecule has 0 saturated carbocycles. The second kappa shape index (κ2) is 5.07. The molecule has 1 N–H and O–H groups in total. The largest absolute Gasteiger partial charge is 0.472 e. The normalized spacial score (nSPS) is 22.5. The van der Waals surface area contributed by atoms with Gasteiger partial charge in [-0.3, -0.25) is 9.59 Å². The van der Waals surface area contributed by atoms with E-state index >= 15 is 0 Å². The van der Waals surface area contributed by atoms with E-state index in [0.29, 0.717) is 19.4 Å². The van der Waals surface area contributed by atoms with Crippen LogP contribution in [0, 0.1) is 0 Å². The van der Waals surface area contributed by atoms with Crippen LogP contribution >= 0.6 is 0 Å². The smallest absolute Gasteiger partial charge is 0.249 e. The van der Waals surface area contributed by atoms with E-state index in [-0.39, 0.29) is 11.8 Å². The highest BCUT2D eigenvalue weighted by Gasteiger charge is 2.47. The quantitative estimate of drug-likeness (QED) is 0.900. The Morgan fingerprint density at radius 2 is 2.05 bits per heavy atom. The Morgan fingerprint density at radius 3 is 2.58 bits per heavy atom. The summed E-state index contributed by atoms with van der Waals surface area (Å²) in [7, 11) is 0. The number of carbonyl (C=O) groups is 2. The van der Waals surface area contributed by atoms with Crippen LogP contribution in [0.1, 0.15) is 39.2 Å². The van der Waals surface area contributed by atoms with Gasteiger partial charge in [0.25, 0.3) is 0 Å². The first kappa shape index (κ1) is 13.6. The van der Waals surface area contributed by atoms with Crippen LogP contribution in [0.3, 0.4) is 0 Å². The molecule has 1 aromatic rings. The first-order chi connectivity index (χ1) is 9.04. The molecule has 1 aliphatic heterocycles. The zero-order valence-corrected chi connectivity index (χ0v) is 11.6. The summed E-state index contributed by atoms with van der Waals surface area (Å²) in [4.78, 5) is 26.4. The fraction of sp³-hybridized carbons (Fsp3) is 0.571. The van der Waals surface area contributed by atoms with E-state index in [1.807, 2.05) is 19.9 Å². The van der Waals surface area contributed by atoms with Crippen LogP contribution in [0.4, 0.5) is 0 Å². The van der Waals surface area contributed by atoms with Crippen molar-refractivity contribution in [2.45, 2.75) is 51.7 Å². The predicted octanol–water partition coefficient (Wildman–Crippen LogP) is 1.69. The predicted molar refractivity (Wildman–Crippen MR) is 70.2 cm³/mol. The van der Waals surface area contributed by atoms with E-state index in [2.05, 4.69) is 5.32 Å². The first-order valence-corrected chi connectivity index (χ1v) is 6.68. The summed E-state index contributed by atoms with van der Waals surface area (Å²) in [5.74, 6) is -0.0994. The molecular weight excluding hydrogens is 244 g/mol. The van der Waals surface area contributed by atoms with Gasteiger partial charge in [-0.05, 0) is 25.8 Å². The zero-order valence-electron chi connectivity index (χ0n) is 11.6. The number of nitrogens with zero attached hydrogens (tertiary/aromatic N) is 1. The van der Waals surface area contributed by atoms with Crippen molar-refractivity contribution in [2.75, 3.05) is 0 Å². The lowest BCUT2D eigenvalue weighted by atomic mass is 9.87. The first-order valence-electron chi connectivity index (χ1n) is 6.68. The molecule has 0 aliphatic carbocycles. The maximum atomic E-state index is 12.7. The van der Waals surface area contributed by atoms with Gasteiger partial charge in [-0.15, -0.1) is 0 Å². The fourth-order valence-electron chi connectivity index (χ4n) is 2.50. The van der Waals surface area contributed by atoms with Gasteiger partial charge in [-0.2, -0.15) is 0 Å². The van der Waals surface area contributed by atoms with Crippen molar-refractivity contribution in [1.29, 1.82) is 0 Å². The van der Waals surface area contributed by atoms with Gasteiger partial charge < -0.3 is 14.6 Å². The molecule has 1 atom stereocenters. The molecule has 0 bridgehead atoms. The molecule has 1 aliphatic rings. The van der Waals surface area contributed by atoms with E-state index in [1.165, 1.54) is 0 Å². The van der Waals surface area contributed by atoms with Crippen molar-refractivity contribution in [2.24, 2.45) is 0 Å². The molecule has 1 aromatic heterocycles. The van der Waals surface area contributed by atoms with E-state index in [1.54, 1.807) is 24.3 Å². The third-order valence-corrected chi connectivity index (χ3v) is 4.02. The van der Waals surface area contributed by atoms with Crippen molar-refractivity contribution < 1.29 is 14.0 Å². The second-order valence-electron chi connectivity index (χ2n) is 5.02. The van der Waals surface area contributed by atoms with Crippen LogP contribution in [0.2, 0.25) is 0 Å². The van der Waals surface area contributed by atoms with Crippen molar-refractivity contribution in [3.63, 3.8) is 0 Å². The van der Waals surface area contributed by atoms with Crippen LogP contribution in [-0.4, -0.2) is 28.3 Å². The number of amides is 2. The molecular formula is C14H20N2O3. The number of hydrogen-bond donors (Lipinski definition) is 1. The molecule has 1 unspecified atom stereocenters.